The molecule has 92 valence electrons. The Bertz CT molecular complexity index is 482. The first-order chi connectivity index (χ1) is 8.08. The van der Waals surface area contributed by atoms with Gasteiger partial charge in [0.25, 0.3) is 0 Å². The van der Waals surface area contributed by atoms with Gasteiger partial charge >= 0.3 is 5.63 Å². The van der Waals surface area contributed by atoms with E-state index in [4.69, 9.17) is 4.42 Å². The molecule has 1 N–H and O–H groups in total. The minimum Gasteiger partial charge on any atom is -0.508 e. The van der Waals surface area contributed by atoms with Crippen LogP contribution in [0.15, 0.2) is 21.3 Å². The van der Waals surface area contributed by atoms with Gasteiger partial charge in [0.1, 0.15) is 11.5 Å². The van der Waals surface area contributed by atoms with Crippen molar-refractivity contribution in [2.45, 2.75) is 44.4 Å². The van der Waals surface area contributed by atoms with Gasteiger partial charge in [-0.3, -0.25) is 0 Å². The molecule has 2 aliphatic rings. The Hall–Kier alpha value is -1.25. The lowest BCUT2D eigenvalue weighted by atomic mass is 9.77. The minimum absolute atomic E-state index is 0.0268. The summed E-state index contributed by atoms with van der Waals surface area (Å²) in [4.78, 5) is 11.4. The van der Waals surface area contributed by atoms with Gasteiger partial charge in [-0.25, -0.2) is 4.79 Å². The van der Waals surface area contributed by atoms with Crippen molar-refractivity contribution in [3.05, 3.63) is 28.3 Å². The van der Waals surface area contributed by atoms with Crippen LogP contribution in [-0.4, -0.2) is 5.11 Å². The second kappa shape index (κ2) is 3.62. The summed E-state index contributed by atoms with van der Waals surface area (Å²) in [5, 5.41) is 9.55. The molecule has 3 heteroatoms. The monoisotopic (exact) mass is 234 g/mol. The third-order valence-electron chi connectivity index (χ3n) is 4.21. The van der Waals surface area contributed by atoms with Gasteiger partial charge in [0.05, 0.1) is 6.07 Å². The highest BCUT2D eigenvalue weighted by atomic mass is 16.4. The molecule has 0 radical (unpaired) electrons. The van der Waals surface area contributed by atoms with Gasteiger partial charge in [-0.2, -0.15) is 0 Å². The average Bonchev–Trinajstić information content (AvgIpc) is 3.11. The summed E-state index contributed by atoms with van der Waals surface area (Å²) in [5.74, 6) is 2.11. The molecule has 1 unspecified atom stereocenters. The maximum absolute atomic E-state index is 11.4. The predicted molar refractivity (Wildman–Crippen MR) is 64.1 cm³/mol. The van der Waals surface area contributed by atoms with Crippen molar-refractivity contribution in [3.8, 4) is 5.75 Å². The highest BCUT2D eigenvalue weighted by molar-refractivity contribution is 5.26. The lowest BCUT2D eigenvalue weighted by molar-refractivity contribution is 0.270. The fraction of sp³-hybridized carbons (Fsp3) is 0.643. The van der Waals surface area contributed by atoms with Gasteiger partial charge in [0, 0.05) is 11.5 Å². The maximum atomic E-state index is 11.4. The largest absolute Gasteiger partial charge is 0.508 e. The molecule has 2 saturated carbocycles. The van der Waals surface area contributed by atoms with E-state index >= 15 is 0 Å². The molecule has 0 aromatic carbocycles. The smallest absolute Gasteiger partial charge is 0.339 e. The van der Waals surface area contributed by atoms with Crippen molar-refractivity contribution in [3.63, 3.8) is 0 Å². The predicted octanol–water partition coefficient (Wildman–Crippen LogP) is 2.81. The Kier molecular flexibility index (Phi) is 2.32. The molecule has 0 saturated heterocycles. The Morgan fingerprint density at radius 3 is 2.59 bits per heavy atom. The molecule has 1 heterocycles. The molecule has 3 rings (SSSR count). The summed E-state index contributed by atoms with van der Waals surface area (Å²) in [7, 11) is 0. The first-order valence-corrected chi connectivity index (χ1v) is 6.42. The SMILES string of the molecule is CC(CC1CC1)(c1cc(O)cc(=O)o1)C1CC1. The molecule has 0 bridgehead atoms. The van der Waals surface area contributed by atoms with Crippen LogP contribution in [0, 0.1) is 11.8 Å². The lowest BCUT2D eigenvalue weighted by Gasteiger charge is -2.28. The zero-order valence-corrected chi connectivity index (χ0v) is 10.1. The van der Waals surface area contributed by atoms with Gasteiger partial charge in [0.15, 0.2) is 0 Å². The van der Waals surface area contributed by atoms with Crippen LogP contribution >= 0.6 is 0 Å². The molecular formula is C14H18O3. The van der Waals surface area contributed by atoms with Crippen molar-refractivity contribution in [1.82, 2.24) is 0 Å². The van der Waals surface area contributed by atoms with Crippen LogP contribution in [-0.2, 0) is 5.41 Å². The van der Waals surface area contributed by atoms with E-state index in [0.717, 1.165) is 18.4 Å². The Morgan fingerprint density at radius 1 is 1.35 bits per heavy atom. The van der Waals surface area contributed by atoms with E-state index in [-0.39, 0.29) is 11.2 Å². The second-order valence-electron chi connectivity index (χ2n) is 5.84. The van der Waals surface area contributed by atoms with Crippen LogP contribution in [0.1, 0.15) is 44.8 Å². The van der Waals surface area contributed by atoms with Crippen molar-refractivity contribution >= 4 is 0 Å². The van der Waals surface area contributed by atoms with Gasteiger partial charge in [-0.05, 0) is 31.1 Å². The highest BCUT2D eigenvalue weighted by Crippen LogP contribution is 2.53. The fourth-order valence-electron chi connectivity index (χ4n) is 2.86. The molecule has 1 aromatic heterocycles. The number of aromatic hydroxyl groups is 1. The van der Waals surface area contributed by atoms with Crippen LogP contribution in [0.25, 0.3) is 0 Å². The number of hydrogen-bond donors (Lipinski definition) is 1. The van der Waals surface area contributed by atoms with Gasteiger partial charge < -0.3 is 9.52 Å². The third-order valence-corrected chi connectivity index (χ3v) is 4.21. The van der Waals surface area contributed by atoms with E-state index in [1.165, 1.54) is 25.7 Å². The van der Waals surface area contributed by atoms with E-state index in [2.05, 4.69) is 6.92 Å². The maximum Gasteiger partial charge on any atom is 0.339 e. The third kappa shape index (κ3) is 2.11. The Morgan fingerprint density at radius 2 is 2.06 bits per heavy atom. The van der Waals surface area contributed by atoms with Crippen LogP contribution in [0.2, 0.25) is 0 Å². The van der Waals surface area contributed by atoms with Gasteiger partial charge in [-0.15, -0.1) is 0 Å². The lowest BCUT2D eigenvalue weighted by Crippen LogP contribution is -2.26. The molecule has 1 atom stereocenters. The zero-order chi connectivity index (χ0) is 12.0. The van der Waals surface area contributed by atoms with E-state index in [9.17, 15) is 9.90 Å². The van der Waals surface area contributed by atoms with Crippen LogP contribution in [0.5, 0.6) is 5.75 Å². The van der Waals surface area contributed by atoms with E-state index in [1.807, 2.05) is 0 Å². The second-order valence-corrected chi connectivity index (χ2v) is 5.84. The van der Waals surface area contributed by atoms with Crippen molar-refractivity contribution in [1.29, 1.82) is 0 Å². The molecule has 3 nitrogen and oxygen atoms in total. The summed E-state index contributed by atoms with van der Waals surface area (Å²) in [6.07, 6.45) is 6.10. The molecule has 2 aliphatic carbocycles. The summed E-state index contributed by atoms with van der Waals surface area (Å²) in [6.45, 7) is 2.18. The van der Waals surface area contributed by atoms with Crippen LogP contribution in [0.3, 0.4) is 0 Å². The molecule has 17 heavy (non-hydrogen) atoms. The van der Waals surface area contributed by atoms with Crippen molar-refractivity contribution in [2.75, 3.05) is 0 Å². The first-order valence-electron chi connectivity index (χ1n) is 6.42. The molecule has 2 fully saturated rings. The van der Waals surface area contributed by atoms with Crippen molar-refractivity contribution in [2.24, 2.45) is 11.8 Å². The Balaban J connectivity index is 1.98. The first kappa shape index (κ1) is 10.9. The van der Waals surface area contributed by atoms with Crippen LogP contribution in [0.4, 0.5) is 0 Å². The topological polar surface area (TPSA) is 50.4 Å². The highest BCUT2D eigenvalue weighted by Gasteiger charge is 2.47. The molecule has 1 aromatic rings. The standard InChI is InChI=1S/C14H18O3/c1-14(10-4-5-10,8-9-2-3-9)12-6-11(15)7-13(16)17-12/h6-7,9-10,15H,2-5,8H2,1H3. The molecule has 0 aliphatic heterocycles. The summed E-state index contributed by atoms with van der Waals surface area (Å²) < 4.78 is 5.34. The van der Waals surface area contributed by atoms with Crippen molar-refractivity contribution < 1.29 is 9.52 Å². The average molecular weight is 234 g/mol. The molecule has 0 amide bonds. The number of rotatable bonds is 4. The van der Waals surface area contributed by atoms with E-state index in [1.54, 1.807) is 6.07 Å². The normalized spacial score (nSPS) is 23.4. The summed E-state index contributed by atoms with van der Waals surface area (Å²) in [5.41, 5.74) is -0.498. The van der Waals surface area contributed by atoms with Gasteiger partial charge in [-0.1, -0.05) is 19.8 Å². The summed E-state index contributed by atoms with van der Waals surface area (Å²) in [6, 6.07) is 2.76. The number of hydrogen-bond acceptors (Lipinski definition) is 3. The summed E-state index contributed by atoms with van der Waals surface area (Å²) >= 11 is 0. The molecule has 0 spiro atoms. The quantitative estimate of drug-likeness (QED) is 0.871. The fourth-order valence-corrected chi connectivity index (χ4v) is 2.86. The minimum atomic E-state index is -0.442. The van der Waals surface area contributed by atoms with E-state index in [0.29, 0.717) is 11.7 Å². The van der Waals surface area contributed by atoms with E-state index < -0.39 is 5.63 Å². The Labute approximate surface area is 100 Å². The van der Waals surface area contributed by atoms with Crippen LogP contribution < -0.4 is 5.63 Å². The van der Waals surface area contributed by atoms with Gasteiger partial charge in [0.2, 0.25) is 0 Å². The molecular weight excluding hydrogens is 216 g/mol. The zero-order valence-electron chi connectivity index (χ0n) is 10.1.